The average Bonchev–Trinajstić information content (AvgIpc) is 3.43. The molecule has 0 saturated carbocycles. The summed E-state index contributed by atoms with van der Waals surface area (Å²) in [4.78, 5) is 2.61. The maximum atomic E-state index is 5.55. The minimum absolute atomic E-state index is 0.366. The molecule has 3 atom stereocenters. The molecule has 2 saturated heterocycles. The number of benzene rings is 1. The lowest BCUT2D eigenvalue weighted by atomic mass is 9.93. The molecule has 2 N–H and O–H groups in total. The fourth-order valence-corrected chi connectivity index (χ4v) is 4.55. The number of aryl methyl sites for hydroxylation is 2. The van der Waals surface area contributed by atoms with Crippen molar-refractivity contribution in [1.29, 1.82) is 0 Å². The van der Waals surface area contributed by atoms with Crippen molar-refractivity contribution in [1.82, 2.24) is 20.9 Å². The minimum atomic E-state index is 0.366. The topological polar surface area (TPSA) is 53.3 Å². The molecule has 1 aromatic carbocycles. The quantitative estimate of drug-likeness (QED) is 0.779. The molecular formula is C22H32N4O. The Bertz CT molecular complexity index is 726. The number of nitrogens with one attached hydrogen (secondary N) is 2. The minimum Gasteiger partial charge on any atom is -0.361 e. The molecule has 2 aliphatic heterocycles. The standard InChI is InChI=1S/C22H32N4O/c1-3-6-19-13-20(25-27-19)21-7-5-12-26(21)15-18-14-23-24-22(18)17-10-8-16(4-2)9-11-17/h8-11,13,18,21-24H,3-7,12,14-15H2,1-2H3. The van der Waals surface area contributed by atoms with Gasteiger partial charge in [0.05, 0.1) is 12.1 Å². The third-order valence-electron chi connectivity index (χ3n) is 6.09. The zero-order chi connectivity index (χ0) is 18.6. The van der Waals surface area contributed by atoms with Gasteiger partial charge in [-0.2, -0.15) is 0 Å². The van der Waals surface area contributed by atoms with Crippen LogP contribution in [0.5, 0.6) is 0 Å². The van der Waals surface area contributed by atoms with Crippen molar-refractivity contribution in [3.63, 3.8) is 0 Å². The Hall–Kier alpha value is -1.69. The van der Waals surface area contributed by atoms with Gasteiger partial charge < -0.3 is 4.52 Å². The molecule has 4 rings (SSSR count). The van der Waals surface area contributed by atoms with Crippen LogP contribution in [0.2, 0.25) is 0 Å². The Balaban J connectivity index is 1.44. The molecule has 2 aliphatic rings. The van der Waals surface area contributed by atoms with Gasteiger partial charge in [-0.1, -0.05) is 43.3 Å². The largest absolute Gasteiger partial charge is 0.361 e. The van der Waals surface area contributed by atoms with Gasteiger partial charge in [0.2, 0.25) is 0 Å². The second-order valence-electron chi connectivity index (χ2n) is 7.98. The third kappa shape index (κ3) is 4.10. The molecule has 3 unspecified atom stereocenters. The molecule has 27 heavy (non-hydrogen) atoms. The van der Waals surface area contributed by atoms with Gasteiger partial charge in [0.1, 0.15) is 11.5 Å². The highest BCUT2D eigenvalue weighted by atomic mass is 16.5. The summed E-state index contributed by atoms with van der Waals surface area (Å²) in [6.07, 6.45) is 5.59. The van der Waals surface area contributed by atoms with Crippen molar-refractivity contribution in [2.24, 2.45) is 5.92 Å². The van der Waals surface area contributed by atoms with Crippen molar-refractivity contribution in [2.75, 3.05) is 19.6 Å². The van der Waals surface area contributed by atoms with Crippen molar-refractivity contribution in [3.8, 4) is 0 Å². The first kappa shape index (κ1) is 18.7. The smallest absolute Gasteiger partial charge is 0.137 e. The van der Waals surface area contributed by atoms with Crippen molar-refractivity contribution in [2.45, 2.75) is 58.0 Å². The van der Waals surface area contributed by atoms with E-state index in [4.69, 9.17) is 4.52 Å². The van der Waals surface area contributed by atoms with E-state index < -0.39 is 0 Å². The van der Waals surface area contributed by atoms with Crippen LogP contribution in [0.3, 0.4) is 0 Å². The zero-order valence-electron chi connectivity index (χ0n) is 16.6. The van der Waals surface area contributed by atoms with Crippen LogP contribution in [0.15, 0.2) is 34.9 Å². The molecule has 0 spiro atoms. The van der Waals surface area contributed by atoms with Gasteiger partial charge in [0.15, 0.2) is 0 Å². The summed E-state index contributed by atoms with van der Waals surface area (Å²) < 4.78 is 5.55. The van der Waals surface area contributed by atoms with E-state index in [-0.39, 0.29) is 0 Å². The van der Waals surface area contributed by atoms with Crippen LogP contribution < -0.4 is 10.9 Å². The fourth-order valence-electron chi connectivity index (χ4n) is 4.55. The maximum absolute atomic E-state index is 5.55. The number of hydrazine groups is 1. The Morgan fingerprint density at radius 1 is 1.22 bits per heavy atom. The Morgan fingerprint density at radius 2 is 2.07 bits per heavy atom. The lowest BCUT2D eigenvalue weighted by Crippen LogP contribution is -2.33. The predicted octanol–water partition coefficient (Wildman–Crippen LogP) is 3.79. The van der Waals surface area contributed by atoms with Crippen LogP contribution in [-0.2, 0) is 12.8 Å². The van der Waals surface area contributed by atoms with E-state index in [1.54, 1.807) is 0 Å². The Kier molecular flexibility index (Phi) is 5.91. The summed E-state index contributed by atoms with van der Waals surface area (Å²) in [5.41, 5.74) is 10.8. The van der Waals surface area contributed by atoms with E-state index >= 15 is 0 Å². The first-order chi connectivity index (χ1) is 13.3. The summed E-state index contributed by atoms with van der Waals surface area (Å²) in [6, 6.07) is 12.0. The lowest BCUT2D eigenvalue weighted by molar-refractivity contribution is 0.203. The number of likely N-dealkylation sites (tertiary alicyclic amines) is 1. The fraction of sp³-hybridized carbons (Fsp3) is 0.591. The normalized spacial score (nSPS) is 26.1. The Morgan fingerprint density at radius 3 is 2.85 bits per heavy atom. The molecule has 2 aromatic rings. The van der Waals surface area contributed by atoms with Gasteiger partial charge in [-0.3, -0.25) is 10.3 Å². The summed E-state index contributed by atoms with van der Waals surface area (Å²) in [5.74, 6) is 1.58. The maximum Gasteiger partial charge on any atom is 0.137 e. The SMILES string of the molecule is CCCc1cc(C2CCCN2CC2CNNC2c2ccc(CC)cc2)no1. The number of aromatic nitrogens is 1. The van der Waals surface area contributed by atoms with Crippen molar-refractivity contribution < 1.29 is 4.52 Å². The summed E-state index contributed by atoms with van der Waals surface area (Å²) >= 11 is 0. The first-order valence-electron chi connectivity index (χ1n) is 10.5. The highest BCUT2D eigenvalue weighted by molar-refractivity contribution is 5.26. The van der Waals surface area contributed by atoms with E-state index in [1.807, 2.05) is 0 Å². The van der Waals surface area contributed by atoms with Crippen molar-refractivity contribution in [3.05, 3.63) is 52.9 Å². The summed E-state index contributed by atoms with van der Waals surface area (Å²) in [7, 11) is 0. The molecule has 0 radical (unpaired) electrons. The second-order valence-corrected chi connectivity index (χ2v) is 7.98. The predicted molar refractivity (Wildman–Crippen MR) is 107 cm³/mol. The van der Waals surface area contributed by atoms with Crippen LogP contribution in [0, 0.1) is 5.92 Å². The molecule has 0 aliphatic carbocycles. The average molecular weight is 369 g/mol. The van der Waals surface area contributed by atoms with Crippen LogP contribution in [-0.4, -0.2) is 29.7 Å². The zero-order valence-corrected chi connectivity index (χ0v) is 16.6. The number of rotatable bonds is 7. The van der Waals surface area contributed by atoms with E-state index in [2.05, 4.69) is 65.1 Å². The van der Waals surface area contributed by atoms with Gasteiger partial charge in [-0.05, 0) is 43.4 Å². The molecule has 2 fully saturated rings. The van der Waals surface area contributed by atoms with Crippen molar-refractivity contribution >= 4 is 0 Å². The molecule has 5 heteroatoms. The monoisotopic (exact) mass is 368 g/mol. The van der Waals surface area contributed by atoms with Crippen LogP contribution >= 0.6 is 0 Å². The van der Waals surface area contributed by atoms with E-state index in [0.717, 1.165) is 50.4 Å². The number of hydrogen-bond donors (Lipinski definition) is 2. The van der Waals surface area contributed by atoms with Gasteiger partial charge in [0, 0.05) is 31.5 Å². The van der Waals surface area contributed by atoms with Gasteiger partial charge in [0.25, 0.3) is 0 Å². The highest BCUT2D eigenvalue weighted by Crippen LogP contribution is 2.35. The van der Waals surface area contributed by atoms with Crippen LogP contribution in [0.25, 0.3) is 0 Å². The first-order valence-corrected chi connectivity index (χ1v) is 10.5. The Labute approximate surface area is 162 Å². The molecule has 146 valence electrons. The van der Waals surface area contributed by atoms with E-state index in [1.165, 1.54) is 24.0 Å². The molecule has 3 heterocycles. The lowest BCUT2D eigenvalue weighted by Gasteiger charge is -2.28. The number of nitrogens with zero attached hydrogens (tertiary/aromatic N) is 2. The number of hydrogen-bond acceptors (Lipinski definition) is 5. The third-order valence-corrected chi connectivity index (χ3v) is 6.09. The highest BCUT2D eigenvalue weighted by Gasteiger charge is 2.35. The summed E-state index contributed by atoms with van der Waals surface area (Å²) in [6.45, 7) is 7.62. The second kappa shape index (κ2) is 8.55. The van der Waals surface area contributed by atoms with E-state index in [0.29, 0.717) is 18.0 Å². The molecule has 5 nitrogen and oxygen atoms in total. The summed E-state index contributed by atoms with van der Waals surface area (Å²) in [5, 5.41) is 4.39. The van der Waals surface area contributed by atoms with Gasteiger partial charge in [-0.15, -0.1) is 0 Å². The van der Waals surface area contributed by atoms with Gasteiger partial charge >= 0.3 is 0 Å². The molecule has 0 amide bonds. The molecular weight excluding hydrogens is 336 g/mol. The van der Waals surface area contributed by atoms with Crippen LogP contribution in [0.1, 0.15) is 67.8 Å². The molecule has 0 bridgehead atoms. The van der Waals surface area contributed by atoms with E-state index in [9.17, 15) is 0 Å². The molecule has 1 aromatic heterocycles. The van der Waals surface area contributed by atoms with Gasteiger partial charge in [-0.25, -0.2) is 5.43 Å². The van der Waals surface area contributed by atoms with Crippen LogP contribution in [0.4, 0.5) is 0 Å².